The highest BCUT2D eigenvalue weighted by Gasteiger charge is 2.18. The van der Waals surface area contributed by atoms with Crippen molar-refractivity contribution in [3.8, 4) is 0 Å². The van der Waals surface area contributed by atoms with Crippen LogP contribution in [0, 0.1) is 0 Å². The van der Waals surface area contributed by atoms with Gasteiger partial charge in [-0.2, -0.15) is 0 Å². The summed E-state index contributed by atoms with van der Waals surface area (Å²) in [5.74, 6) is 0.00967. The lowest BCUT2D eigenvalue weighted by Gasteiger charge is -2.11. The normalized spacial score (nSPS) is 19.6. The molecule has 1 fully saturated rings. The molecule has 0 spiro atoms. The molecule has 2 rings (SSSR count). The van der Waals surface area contributed by atoms with E-state index in [0.717, 1.165) is 30.7 Å². The molecular weight excluding hydrogens is 264 g/mol. The van der Waals surface area contributed by atoms with Crippen LogP contribution in [0.25, 0.3) is 0 Å². The predicted molar refractivity (Wildman–Crippen MR) is 78.5 cm³/mol. The zero-order valence-electron chi connectivity index (χ0n) is 11.1. The Morgan fingerprint density at radius 3 is 2.68 bits per heavy atom. The minimum Gasteiger partial charge on any atom is -0.378 e. The van der Waals surface area contributed by atoms with Gasteiger partial charge in [0.05, 0.1) is 12.5 Å². The minimum absolute atomic E-state index is 0. The molecule has 106 valence electrons. The third-order valence-corrected chi connectivity index (χ3v) is 3.16. The van der Waals surface area contributed by atoms with Crippen LogP contribution in [-0.2, 0) is 9.53 Å². The van der Waals surface area contributed by atoms with E-state index in [1.54, 1.807) is 0 Å². The number of benzene rings is 1. The van der Waals surface area contributed by atoms with E-state index >= 15 is 0 Å². The van der Waals surface area contributed by atoms with Crippen molar-refractivity contribution in [1.82, 2.24) is 0 Å². The molecule has 4 nitrogen and oxygen atoms in total. The summed E-state index contributed by atoms with van der Waals surface area (Å²) in [6.07, 6.45) is 2.57. The van der Waals surface area contributed by atoms with Gasteiger partial charge in [0.2, 0.25) is 5.91 Å². The van der Waals surface area contributed by atoms with Gasteiger partial charge in [-0.3, -0.25) is 4.79 Å². The molecule has 1 aromatic rings. The van der Waals surface area contributed by atoms with Gasteiger partial charge in [0.25, 0.3) is 0 Å². The van der Waals surface area contributed by atoms with E-state index in [1.807, 2.05) is 31.2 Å². The Hall–Kier alpha value is -1.10. The molecule has 1 saturated heterocycles. The maximum absolute atomic E-state index is 11.8. The van der Waals surface area contributed by atoms with Crippen LogP contribution in [0.3, 0.4) is 0 Å². The lowest BCUT2D eigenvalue weighted by atomic mass is 10.1. The Bertz CT molecular complexity index is 400. The third kappa shape index (κ3) is 4.82. The summed E-state index contributed by atoms with van der Waals surface area (Å²) >= 11 is 0. The molecule has 0 saturated carbocycles. The molecule has 1 heterocycles. The van der Waals surface area contributed by atoms with E-state index in [2.05, 4.69) is 5.32 Å². The number of nitrogens with two attached hydrogens (primary N) is 1. The Morgan fingerprint density at radius 1 is 1.47 bits per heavy atom. The number of nitrogens with one attached hydrogen (secondary N) is 1. The molecule has 5 heteroatoms. The van der Waals surface area contributed by atoms with Crippen molar-refractivity contribution in [1.29, 1.82) is 0 Å². The van der Waals surface area contributed by atoms with Crippen molar-refractivity contribution >= 4 is 24.0 Å². The molecule has 1 aromatic carbocycles. The highest BCUT2D eigenvalue weighted by molar-refractivity contribution is 5.91. The van der Waals surface area contributed by atoms with Gasteiger partial charge >= 0.3 is 0 Å². The maximum atomic E-state index is 11.8. The van der Waals surface area contributed by atoms with Crippen molar-refractivity contribution in [3.63, 3.8) is 0 Å². The van der Waals surface area contributed by atoms with E-state index in [0.29, 0.717) is 6.42 Å². The first-order valence-electron chi connectivity index (χ1n) is 6.42. The summed E-state index contributed by atoms with van der Waals surface area (Å²) in [7, 11) is 0. The van der Waals surface area contributed by atoms with Crippen LogP contribution in [0.2, 0.25) is 0 Å². The van der Waals surface area contributed by atoms with Crippen LogP contribution in [0.4, 0.5) is 5.69 Å². The summed E-state index contributed by atoms with van der Waals surface area (Å²) < 4.78 is 5.43. The molecule has 0 aliphatic carbocycles. The lowest BCUT2D eigenvalue weighted by molar-refractivity contribution is -0.118. The molecule has 2 atom stereocenters. The van der Waals surface area contributed by atoms with Gasteiger partial charge in [0.15, 0.2) is 0 Å². The number of anilines is 1. The van der Waals surface area contributed by atoms with Gasteiger partial charge in [-0.15, -0.1) is 12.4 Å². The number of halogens is 1. The number of rotatable bonds is 4. The third-order valence-electron chi connectivity index (χ3n) is 3.16. The Balaban J connectivity index is 0.00000180. The fraction of sp³-hybridized carbons (Fsp3) is 0.500. The van der Waals surface area contributed by atoms with E-state index < -0.39 is 0 Å². The number of ether oxygens (including phenoxy) is 1. The topological polar surface area (TPSA) is 64.3 Å². The Labute approximate surface area is 120 Å². The molecule has 19 heavy (non-hydrogen) atoms. The fourth-order valence-corrected chi connectivity index (χ4v) is 2.09. The summed E-state index contributed by atoms with van der Waals surface area (Å²) in [6.45, 7) is 2.71. The number of amides is 1. The van der Waals surface area contributed by atoms with Crippen molar-refractivity contribution in [2.45, 2.75) is 38.3 Å². The van der Waals surface area contributed by atoms with Crippen LogP contribution in [0.5, 0.6) is 0 Å². The molecular formula is C14H21ClN2O2. The molecule has 1 aliphatic heterocycles. The number of hydrogen-bond acceptors (Lipinski definition) is 3. The lowest BCUT2D eigenvalue weighted by Crippen LogP contribution is -2.19. The molecule has 2 unspecified atom stereocenters. The number of carbonyl (C=O) groups excluding carboxylic acids is 1. The average Bonchev–Trinajstić information content (AvgIpc) is 2.82. The molecule has 0 bridgehead atoms. The van der Waals surface area contributed by atoms with Crippen molar-refractivity contribution in [2.75, 3.05) is 11.9 Å². The van der Waals surface area contributed by atoms with E-state index in [1.165, 1.54) is 0 Å². The van der Waals surface area contributed by atoms with Crippen LogP contribution < -0.4 is 11.1 Å². The van der Waals surface area contributed by atoms with Crippen LogP contribution >= 0.6 is 12.4 Å². The van der Waals surface area contributed by atoms with Crippen LogP contribution in [-0.4, -0.2) is 18.6 Å². The Morgan fingerprint density at radius 2 is 2.16 bits per heavy atom. The average molecular weight is 285 g/mol. The van der Waals surface area contributed by atoms with Crippen molar-refractivity contribution in [2.24, 2.45) is 5.73 Å². The fourth-order valence-electron chi connectivity index (χ4n) is 2.09. The van der Waals surface area contributed by atoms with Crippen molar-refractivity contribution < 1.29 is 9.53 Å². The molecule has 0 aromatic heterocycles. The molecule has 1 aliphatic rings. The monoisotopic (exact) mass is 284 g/mol. The second-order valence-corrected chi connectivity index (χ2v) is 4.80. The predicted octanol–water partition coefficient (Wildman–Crippen LogP) is 2.64. The first kappa shape index (κ1) is 16.0. The van der Waals surface area contributed by atoms with Gasteiger partial charge in [-0.1, -0.05) is 12.1 Å². The zero-order valence-corrected chi connectivity index (χ0v) is 11.9. The molecule has 1 amide bonds. The minimum atomic E-state index is 0. The van der Waals surface area contributed by atoms with Gasteiger partial charge in [-0.05, 0) is 37.5 Å². The largest absolute Gasteiger partial charge is 0.378 e. The smallest absolute Gasteiger partial charge is 0.226 e. The summed E-state index contributed by atoms with van der Waals surface area (Å²) in [5, 5.41) is 2.88. The molecule has 0 radical (unpaired) electrons. The van der Waals surface area contributed by atoms with Gasteiger partial charge < -0.3 is 15.8 Å². The van der Waals surface area contributed by atoms with Crippen LogP contribution in [0.1, 0.15) is 37.8 Å². The maximum Gasteiger partial charge on any atom is 0.226 e. The van der Waals surface area contributed by atoms with E-state index in [-0.39, 0.29) is 30.5 Å². The second-order valence-electron chi connectivity index (χ2n) is 4.80. The zero-order chi connectivity index (χ0) is 13.0. The number of hydrogen-bond donors (Lipinski definition) is 2. The van der Waals surface area contributed by atoms with Gasteiger partial charge in [-0.25, -0.2) is 0 Å². The number of carbonyl (C=O) groups is 1. The van der Waals surface area contributed by atoms with E-state index in [4.69, 9.17) is 10.5 Å². The van der Waals surface area contributed by atoms with E-state index in [9.17, 15) is 4.79 Å². The highest BCUT2D eigenvalue weighted by Crippen LogP contribution is 2.17. The highest BCUT2D eigenvalue weighted by atomic mass is 35.5. The van der Waals surface area contributed by atoms with Gasteiger partial charge in [0, 0.05) is 18.3 Å². The first-order chi connectivity index (χ1) is 8.65. The SMILES string of the molecule is CC(N)c1ccc(NC(=O)CC2CCCO2)cc1.Cl. The quantitative estimate of drug-likeness (QED) is 0.893. The standard InChI is InChI=1S/C14H20N2O2.ClH/c1-10(15)11-4-6-12(7-5-11)16-14(17)9-13-3-2-8-18-13;/h4-7,10,13H,2-3,8-9,15H2,1H3,(H,16,17);1H. The first-order valence-corrected chi connectivity index (χ1v) is 6.42. The van der Waals surface area contributed by atoms with Crippen molar-refractivity contribution in [3.05, 3.63) is 29.8 Å². The summed E-state index contributed by atoms with van der Waals surface area (Å²) in [6, 6.07) is 7.65. The summed E-state index contributed by atoms with van der Waals surface area (Å²) in [4.78, 5) is 11.8. The summed E-state index contributed by atoms with van der Waals surface area (Å²) in [5.41, 5.74) is 7.64. The van der Waals surface area contributed by atoms with Crippen LogP contribution in [0.15, 0.2) is 24.3 Å². The molecule has 3 N–H and O–H groups in total. The van der Waals surface area contributed by atoms with Gasteiger partial charge in [0.1, 0.15) is 0 Å². The Kier molecular flexibility index (Phi) is 6.28. The second kappa shape index (κ2) is 7.48.